The van der Waals surface area contributed by atoms with E-state index in [1.807, 2.05) is 92.9 Å². The summed E-state index contributed by atoms with van der Waals surface area (Å²) in [6.07, 6.45) is 6.02. The Hall–Kier alpha value is -4.90. The monoisotopic (exact) mass is 636 g/mol. The standard InChI is InChI=1S/C36H44N8O3/c1-23-9-11-24(12-10-23)38-32(21-31(37)36(2,3)4)40-34(46)39-29-14-15-30(28-8-6-5-7-27(28)29)47-26-13-16-33-41-42-35(44(33)22-26)43-19-17-25(45)18-20-43/h5-13,16,21-22,25,29-30,45H,14-15,17-20,37H2,1-4H3,(H2,38,39,40,46)/t29-,30+/m0/s1. The van der Waals surface area contributed by atoms with E-state index in [-0.39, 0.29) is 29.7 Å². The molecule has 6 rings (SSSR count). The molecule has 11 heteroatoms. The Kier molecular flexibility index (Phi) is 9.17. The molecule has 1 fully saturated rings. The van der Waals surface area contributed by atoms with E-state index in [1.165, 1.54) is 0 Å². The minimum Gasteiger partial charge on any atom is -0.484 e. The van der Waals surface area contributed by atoms with Gasteiger partial charge in [0, 0.05) is 30.3 Å². The number of pyridine rings is 1. The van der Waals surface area contributed by atoms with Crippen LogP contribution in [0.2, 0.25) is 0 Å². The van der Waals surface area contributed by atoms with Gasteiger partial charge in [-0.05, 0) is 68.0 Å². The van der Waals surface area contributed by atoms with E-state index in [1.54, 1.807) is 6.08 Å². The van der Waals surface area contributed by atoms with Crippen molar-refractivity contribution in [3.63, 3.8) is 0 Å². The summed E-state index contributed by atoms with van der Waals surface area (Å²) in [5, 5.41) is 24.8. The predicted molar refractivity (Wildman–Crippen MR) is 184 cm³/mol. The van der Waals surface area contributed by atoms with Gasteiger partial charge >= 0.3 is 6.03 Å². The van der Waals surface area contributed by atoms with Crippen molar-refractivity contribution in [2.75, 3.05) is 18.0 Å². The fourth-order valence-corrected chi connectivity index (χ4v) is 5.93. The first-order valence-electron chi connectivity index (χ1n) is 16.3. The molecule has 0 spiro atoms. The van der Waals surface area contributed by atoms with Gasteiger partial charge in [0.15, 0.2) is 5.65 Å². The van der Waals surface area contributed by atoms with Gasteiger partial charge in [-0.3, -0.25) is 9.72 Å². The van der Waals surface area contributed by atoms with Crippen molar-refractivity contribution in [2.24, 2.45) is 16.1 Å². The highest BCUT2D eigenvalue weighted by molar-refractivity contribution is 6.05. The number of hydrogen-bond donors (Lipinski definition) is 4. The van der Waals surface area contributed by atoms with E-state index in [0.29, 0.717) is 43.0 Å². The smallest absolute Gasteiger partial charge is 0.320 e. The number of amides is 2. The number of aliphatic hydroxyl groups is 1. The Bertz CT molecular complexity index is 1780. The molecular formula is C36H44N8O3. The number of rotatable bonds is 6. The number of nitrogens with zero attached hydrogens (tertiary/aromatic N) is 5. The first-order chi connectivity index (χ1) is 22.5. The summed E-state index contributed by atoms with van der Waals surface area (Å²) in [6.45, 7) is 9.53. The molecule has 47 heavy (non-hydrogen) atoms. The number of aromatic nitrogens is 3. The Labute approximate surface area is 275 Å². The van der Waals surface area contributed by atoms with Crippen LogP contribution in [0.5, 0.6) is 5.75 Å². The van der Waals surface area contributed by atoms with Crippen LogP contribution in [0, 0.1) is 12.3 Å². The molecule has 2 aliphatic rings. The molecule has 1 aliphatic carbocycles. The van der Waals surface area contributed by atoms with Crippen molar-refractivity contribution in [2.45, 2.75) is 71.6 Å². The Morgan fingerprint density at radius 3 is 2.45 bits per heavy atom. The Morgan fingerprint density at radius 2 is 1.72 bits per heavy atom. The number of piperidine rings is 1. The lowest BCUT2D eigenvalue weighted by Gasteiger charge is -2.32. The van der Waals surface area contributed by atoms with Gasteiger partial charge in [0.05, 0.1) is 24.0 Å². The van der Waals surface area contributed by atoms with Crippen molar-refractivity contribution in [1.82, 2.24) is 25.2 Å². The van der Waals surface area contributed by atoms with Crippen LogP contribution in [0.1, 0.15) is 75.3 Å². The third-order valence-corrected chi connectivity index (χ3v) is 8.81. The quantitative estimate of drug-likeness (QED) is 0.153. The molecule has 2 amide bonds. The van der Waals surface area contributed by atoms with Crippen LogP contribution in [-0.4, -0.2) is 50.8 Å². The number of urea groups is 1. The van der Waals surface area contributed by atoms with Crippen molar-refractivity contribution < 1.29 is 14.6 Å². The van der Waals surface area contributed by atoms with Crippen molar-refractivity contribution in [3.8, 4) is 5.75 Å². The normalized spacial score (nSPS) is 19.4. The first kappa shape index (κ1) is 32.1. The van der Waals surface area contributed by atoms with E-state index < -0.39 is 0 Å². The van der Waals surface area contributed by atoms with Gasteiger partial charge in [-0.2, -0.15) is 0 Å². The van der Waals surface area contributed by atoms with E-state index >= 15 is 0 Å². The minimum atomic E-state index is -0.358. The summed E-state index contributed by atoms with van der Waals surface area (Å²) in [6, 6.07) is 19.1. The zero-order valence-corrected chi connectivity index (χ0v) is 27.5. The molecule has 1 saturated heterocycles. The summed E-state index contributed by atoms with van der Waals surface area (Å²) >= 11 is 0. The van der Waals surface area contributed by atoms with Crippen LogP contribution < -0.4 is 26.0 Å². The average Bonchev–Trinajstić information content (AvgIpc) is 3.46. The maximum Gasteiger partial charge on any atom is 0.320 e. The number of nitrogens with one attached hydrogen (secondary N) is 2. The molecule has 246 valence electrons. The van der Waals surface area contributed by atoms with Gasteiger partial charge in [0.1, 0.15) is 17.7 Å². The number of nitrogens with two attached hydrogens (primary N) is 1. The number of fused-ring (bicyclic) bond motifs is 2. The molecule has 0 radical (unpaired) electrons. The van der Waals surface area contributed by atoms with Crippen molar-refractivity contribution in [1.29, 1.82) is 0 Å². The number of allylic oxidation sites excluding steroid dienone is 1. The molecule has 0 unspecified atom stereocenters. The molecule has 0 saturated carbocycles. The number of hydrogen-bond acceptors (Lipinski definition) is 8. The van der Waals surface area contributed by atoms with Gasteiger partial charge in [0.2, 0.25) is 5.95 Å². The molecule has 0 bridgehead atoms. The molecule has 1 aliphatic heterocycles. The van der Waals surface area contributed by atoms with Gasteiger partial charge < -0.3 is 25.8 Å². The summed E-state index contributed by atoms with van der Waals surface area (Å²) in [5.41, 5.74) is 11.3. The third kappa shape index (κ3) is 7.57. The molecular weight excluding hydrogens is 592 g/mol. The maximum absolute atomic E-state index is 13.4. The lowest BCUT2D eigenvalue weighted by molar-refractivity contribution is 0.145. The number of amidine groups is 1. The van der Waals surface area contributed by atoms with Gasteiger partial charge in [-0.25, -0.2) is 9.79 Å². The molecule has 11 nitrogen and oxygen atoms in total. The third-order valence-electron chi connectivity index (χ3n) is 8.81. The molecule has 2 aromatic carbocycles. The van der Waals surface area contributed by atoms with Crippen LogP contribution >= 0.6 is 0 Å². The molecule has 2 atom stereocenters. The number of aliphatic imine (C=N–C) groups is 1. The fourth-order valence-electron chi connectivity index (χ4n) is 5.93. The zero-order valence-electron chi connectivity index (χ0n) is 27.5. The molecule has 4 aromatic rings. The summed E-state index contributed by atoms with van der Waals surface area (Å²) in [7, 11) is 0. The number of aliphatic hydroxyl groups excluding tert-OH is 1. The highest BCUT2D eigenvalue weighted by Gasteiger charge is 2.30. The number of anilines is 1. The Morgan fingerprint density at radius 1 is 1.00 bits per heavy atom. The topological polar surface area (TPSA) is 142 Å². The summed E-state index contributed by atoms with van der Waals surface area (Å²) in [4.78, 5) is 20.3. The van der Waals surface area contributed by atoms with Gasteiger partial charge in [-0.1, -0.05) is 62.7 Å². The Balaban J connectivity index is 1.18. The number of carbonyl (C=O) groups is 1. The summed E-state index contributed by atoms with van der Waals surface area (Å²) < 4.78 is 8.53. The lowest BCUT2D eigenvalue weighted by Crippen LogP contribution is -2.42. The highest BCUT2D eigenvalue weighted by atomic mass is 16.5. The number of carbonyl (C=O) groups excluding carboxylic acids is 1. The number of ether oxygens (including phenoxy) is 1. The van der Waals surface area contributed by atoms with Gasteiger partial charge in [0.25, 0.3) is 0 Å². The lowest BCUT2D eigenvalue weighted by atomic mass is 9.85. The average molecular weight is 637 g/mol. The van der Waals surface area contributed by atoms with Crippen molar-refractivity contribution >= 4 is 29.1 Å². The minimum absolute atomic E-state index is 0.192. The number of benzene rings is 2. The van der Waals surface area contributed by atoms with E-state index in [0.717, 1.165) is 47.1 Å². The summed E-state index contributed by atoms with van der Waals surface area (Å²) in [5.74, 6) is 1.83. The van der Waals surface area contributed by atoms with Crippen LogP contribution in [0.3, 0.4) is 0 Å². The van der Waals surface area contributed by atoms with Gasteiger partial charge in [-0.15, -0.1) is 10.2 Å². The van der Waals surface area contributed by atoms with E-state index in [9.17, 15) is 9.90 Å². The first-order valence-corrected chi connectivity index (χ1v) is 16.3. The SMILES string of the molecule is Cc1ccc(N=C(C=C(N)C(C)(C)C)NC(=O)N[C@H]2CC[C@@H](Oc3ccc4nnc(N5CCC(O)CC5)n4c3)c3ccccc32)cc1. The second-order valence-electron chi connectivity index (χ2n) is 13.5. The second kappa shape index (κ2) is 13.4. The predicted octanol–water partition coefficient (Wildman–Crippen LogP) is 5.87. The fraction of sp³-hybridized carbons (Fsp3) is 0.389. The molecule has 2 aromatic heterocycles. The highest BCUT2D eigenvalue weighted by Crippen LogP contribution is 2.39. The van der Waals surface area contributed by atoms with Crippen molar-refractivity contribution in [3.05, 3.63) is 95.3 Å². The molecule has 3 heterocycles. The zero-order chi connectivity index (χ0) is 33.1. The maximum atomic E-state index is 13.4. The van der Waals surface area contributed by atoms with Crippen LogP contribution in [0.25, 0.3) is 5.65 Å². The van der Waals surface area contributed by atoms with Crippen LogP contribution in [-0.2, 0) is 0 Å². The second-order valence-corrected chi connectivity index (χ2v) is 13.5. The largest absolute Gasteiger partial charge is 0.484 e. The van der Waals surface area contributed by atoms with Crippen LogP contribution in [0.15, 0.2) is 83.6 Å². The molecule has 5 N–H and O–H groups in total. The van der Waals surface area contributed by atoms with Crippen LogP contribution in [0.4, 0.5) is 16.4 Å². The number of aryl methyl sites for hydroxylation is 1. The van der Waals surface area contributed by atoms with E-state index in [2.05, 4.69) is 36.8 Å². The van der Waals surface area contributed by atoms with E-state index in [4.69, 9.17) is 10.5 Å².